The van der Waals surface area contributed by atoms with Crippen molar-refractivity contribution in [3.63, 3.8) is 0 Å². The van der Waals surface area contributed by atoms with E-state index in [1.165, 1.54) is 16.7 Å². The Morgan fingerprint density at radius 2 is 1.10 bits per heavy atom. The summed E-state index contributed by atoms with van der Waals surface area (Å²) in [5.41, 5.74) is 3.75. The number of Topliss-reactive ketones (excluding diaryl/α,β-unsaturated/α-hetero) is 1. The zero-order chi connectivity index (χ0) is 20.2. The molecule has 2 nitrogen and oxygen atoms in total. The van der Waals surface area contributed by atoms with Gasteiger partial charge in [0.25, 0.3) is 0 Å². The fraction of sp³-hybridized carbons (Fsp3) is 0.321. The monoisotopic (exact) mass is 394 g/mol. The summed E-state index contributed by atoms with van der Waals surface area (Å²) in [4.78, 5) is 15.6. The molecular formula is C28H28NO+. The van der Waals surface area contributed by atoms with E-state index in [1.54, 1.807) is 4.90 Å². The Bertz CT molecular complexity index is 998. The van der Waals surface area contributed by atoms with Crippen molar-refractivity contribution in [2.45, 2.75) is 31.2 Å². The second-order valence-corrected chi connectivity index (χ2v) is 9.74. The minimum Gasteiger partial charge on any atom is -0.329 e. The molecule has 3 fully saturated rings. The van der Waals surface area contributed by atoms with Crippen LogP contribution in [-0.4, -0.2) is 18.9 Å². The third-order valence-corrected chi connectivity index (χ3v) is 7.89. The average Bonchev–Trinajstić information content (AvgIpc) is 3.70. The van der Waals surface area contributed by atoms with Crippen LogP contribution in [0.5, 0.6) is 0 Å². The molecule has 1 N–H and O–H groups in total. The second kappa shape index (κ2) is 6.65. The number of carbonyl (C=O) groups excluding carboxylic acids is 1. The number of likely N-dealkylation sites (tertiary alicyclic amines) is 1. The lowest BCUT2D eigenvalue weighted by Crippen LogP contribution is -3.14. The van der Waals surface area contributed by atoms with Crippen LogP contribution in [0.3, 0.4) is 0 Å². The molecule has 2 aliphatic carbocycles. The molecule has 2 spiro atoms. The smallest absolute Gasteiger partial charge is 0.157 e. The number of rotatable bonds is 4. The lowest BCUT2D eigenvalue weighted by atomic mass is 9.77. The summed E-state index contributed by atoms with van der Waals surface area (Å²) >= 11 is 0. The maximum atomic E-state index is 14.0. The fourth-order valence-electron chi connectivity index (χ4n) is 6.37. The van der Waals surface area contributed by atoms with Gasteiger partial charge in [-0.15, -0.1) is 0 Å². The normalized spacial score (nSPS) is 34.3. The van der Waals surface area contributed by atoms with Gasteiger partial charge in [0.05, 0.1) is 23.9 Å². The summed E-state index contributed by atoms with van der Waals surface area (Å²) in [6.07, 6.45) is 2.05. The molecular weight excluding hydrogens is 366 g/mol. The molecule has 0 aromatic heterocycles. The largest absolute Gasteiger partial charge is 0.329 e. The third-order valence-electron chi connectivity index (χ3n) is 7.89. The van der Waals surface area contributed by atoms with Gasteiger partial charge in [-0.05, 0) is 24.0 Å². The standard InChI is InChI=1S/C28H27NO/c30-26-27(16-24(27)22-12-6-2-7-13-22)19-29(18-21-10-4-1-5-11-21)20-28(26)17-25(28)23-14-8-3-9-15-23/h1-15,24-25H,16-20H2/p+1/t24-,25+,27-,28+. The van der Waals surface area contributed by atoms with Crippen LogP contribution < -0.4 is 4.90 Å². The van der Waals surface area contributed by atoms with E-state index < -0.39 is 0 Å². The van der Waals surface area contributed by atoms with Gasteiger partial charge in [-0.25, -0.2) is 0 Å². The summed E-state index contributed by atoms with van der Waals surface area (Å²) < 4.78 is 0. The van der Waals surface area contributed by atoms with E-state index in [1.807, 2.05) is 0 Å². The first-order chi connectivity index (χ1) is 14.7. The summed E-state index contributed by atoms with van der Waals surface area (Å²) in [6.45, 7) is 2.97. The van der Waals surface area contributed by atoms with E-state index in [2.05, 4.69) is 91.0 Å². The Labute approximate surface area is 178 Å². The Hall–Kier alpha value is -2.71. The van der Waals surface area contributed by atoms with Crippen LogP contribution >= 0.6 is 0 Å². The van der Waals surface area contributed by atoms with Crippen LogP contribution in [0.25, 0.3) is 0 Å². The van der Waals surface area contributed by atoms with Crippen LogP contribution in [0.15, 0.2) is 91.0 Å². The van der Waals surface area contributed by atoms with Crippen molar-refractivity contribution < 1.29 is 9.69 Å². The van der Waals surface area contributed by atoms with E-state index in [0.29, 0.717) is 17.6 Å². The first kappa shape index (κ1) is 18.1. The summed E-state index contributed by atoms with van der Waals surface area (Å²) in [6, 6.07) is 32.3. The van der Waals surface area contributed by atoms with Gasteiger partial charge >= 0.3 is 0 Å². The third kappa shape index (κ3) is 2.78. The molecule has 0 bridgehead atoms. The van der Waals surface area contributed by atoms with Crippen molar-refractivity contribution in [1.29, 1.82) is 0 Å². The van der Waals surface area contributed by atoms with Gasteiger partial charge in [-0.1, -0.05) is 91.0 Å². The second-order valence-electron chi connectivity index (χ2n) is 9.74. The fourth-order valence-corrected chi connectivity index (χ4v) is 6.37. The Kier molecular flexibility index (Phi) is 4.01. The predicted octanol–water partition coefficient (Wildman–Crippen LogP) is 4.00. The van der Waals surface area contributed by atoms with Gasteiger partial charge in [-0.3, -0.25) is 4.79 Å². The average molecular weight is 395 g/mol. The number of piperidine rings is 1. The van der Waals surface area contributed by atoms with Crippen LogP contribution in [0.4, 0.5) is 0 Å². The first-order valence-electron chi connectivity index (χ1n) is 11.2. The number of hydrogen-bond acceptors (Lipinski definition) is 1. The van der Waals surface area contributed by atoms with Crippen molar-refractivity contribution in [1.82, 2.24) is 0 Å². The molecule has 3 aromatic rings. The number of benzene rings is 3. The molecule has 0 radical (unpaired) electrons. The number of hydrogen-bond donors (Lipinski definition) is 1. The van der Waals surface area contributed by atoms with E-state index >= 15 is 0 Å². The molecule has 150 valence electrons. The topological polar surface area (TPSA) is 21.5 Å². The van der Waals surface area contributed by atoms with E-state index in [-0.39, 0.29) is 10.8 Å². The number of ketones is 1. The van der Waals surface area contributed by atoms with Gasteiger partial charge in [0.2, 0.25) is 0 Å². The molecule has 5 atom stereocenters. The lowest BCUT2D eigenvalue weighted by Gasteiger charge is -2.36. The Balaban J connectivity index is 1.34. The van der Waals surface area contributed by atoms with Crippen LogP contribution in [0.2, 0.25) is 0 Å². The number of carbonyl (C=O) groups is 1. The maximum Gasteiger partial charge on any atom is 0.157 e. The minimum atomic E-state index is -0.159. The molecule has 3 aromatic carbocycles. The highest BCUT2D eigenvalue weighted by Crippen LogP contribution is 2.70. The van der Waals surface area contributed by atoms with Crippen molar-refractivity contribution in [2.24, 2.45) is 10.8 Å². The van der Waals surface area contributed by atoms with Gasteiger partial charge < -0.3 is 4.90 Å². The van der Waals surface area contributed by atoms with Crippen LogP contribution in [-0.2, 0) is 11.3 Å². The quantitative estimate of drug-likeness (QED) is 0.710. The highest BCUT2D eigenvalue weighted by Gasteiger charge is 2.76. The molecule has 1 heterocycles. The van der Waals surface area contributed by atoms with Crippen molar-refractivity contribution >= 4 is 5.78 Å². The van der Waals surface area contributed by atoms with E-state index in [4.69, 9.17) is 0 Å². The molecule has 6 rings (SSSR count). The first-order valence-corrected chi connectivity index (χ1v) is 11.2. The molecule has 1 saturated heterocycles. The molecule has 3 aliphatic rings. The van der Waals surface area contributed by atoms with Crippen molar-refractivity contribution in [3.05, 3.63) is 108 Å². The SMILES string of the molecule is O=C1[C@]2(C[C@@H]2c2ccccc2)C[NH+](Cc2ccccc2)C[C@]12C[C@H]2c1ccccc1. The summed E-state index contributed by atoms with van der Waals surface area (Å²) in [7, 11) is 0. The number of nitrogens with one attached hydrogen (secondary N) is 1. The van der Waals surface area contributed by atoms with Crippen LogP contribution in [0.1, 0.15) is 41.4 Å². The van der Waals surface area contributed by atoms with E-state index in [9.17, 15) is 4.79 Å². The highest BCUT2D eigenvalue weighted by molar-refractivity contribution is 5.98. The molecule has 30 heavy (non-hydrogen) atoms. The van der Waals surface area contributed by atoms with Crippen LogP contribution in [0, 0.1) is 10.8 Å². The molecule has 1 aliphatic heterocycles. The predicted molar refractivity (Wildman–Crippen MR) is 118 cm³/mol. The molecule has 2 heteroatoms. The zero-order valence-electron chi connectivity index (χ0n) is 17.3. The van der Waals surface area contributed by atoms with Gasteiger partial charge in [-0.2, -0.15) is 0 Å². The minimum absolute atomic E-state index is 0.159. The number of quaternary nitrogens is 1. The molecule has 0 amide bonds. The summed E-state index contributed by atoms with van der Waals surface area (Å²) in [5, 5.41) is 0. The molecule has 2 saturated carbocycles. The Morgan fingerprint density at radius 3 is 1.57 bits per heavy atom. The lowest BCUT2D eigenvalue weighted by molar-refractivity contribution is -0.924. The maximum absolute atomic E-state index is 14.0. The van der Waals surface area contributed by atoms with E-state index in [0.717, 1.165) is 32.5 Å². The zero-order valence-corrected chi connectivity index (χ0v) is 17.3. The Morgan fingerprint density at radius 1 is 0.667 bits per heavy atom. The molecule has 1 unspecified atom stereocenters. The van der Waals surface area contributed by atoms with Gasteiger partial charge in [0.15, 0.2) is 5.78 Å². The highest BCUT2D eigenvalue weighted by atomic mass is 16.1. The summed E-state index contributed by atoms with van der Waals surface area (Å²) in [5.74, 6) is 1.35. The van der Waals surface area contributed by atoms with Gasteiger partial charge in [0.1, 0.15) is 6.54 Å². The van der Waals surface area contributed by atoms with Crippen molar-refractivity contribution in [2.75, 3.05) is 13.1 Å². The van der Waals surface area contributed by atoms with Gasteiger partial charge in [0, 0.05) is 17.4 Å². The van der Waals surface area contributed by atoms with Crippen molar-refractivity contribution in [3.8, 4) is 0 Å².